The SMILES string of the molecule is CCC1COCCN1c1cccc(Br)c1C(=N)N. The topological polar surface area (TPSA) is 62.3 Å². The molecular weight excluding hydrogens is 294 g/mol. The molecule has 0 bridgehead atoms. The summed E-state index contributed by atoms with van der Waals surface area (Å²) in [6.07, 6.45) is 1.02. The first-order valence-corrected chi connectivity index (χ1v) is 6.91. The molecule has 1 atom stereocenters. The Hall–Kier alpha value is -1.07. The fourth-order valence-corrected chi connectivity index (χ4v) is 2.90. The molecule has 1 unspecified atom stereocenters. The summed E-state index contributed by atoms with van der Waals surface area (Å²) in [5.74, 6) is 0.0961. The third kappa shape index (κ3) is 2.52. The van der Waals surface area contributed by atoms with Crippen molar-refractivity contribution in [3.05, 3.63) is 28.2 Å². The number of nitrogen functional groups attached to an aromatic ring is 1. The molecule has 1 aliphatic rings. The predicted molar refractivity (Wildman–Crippen MR) is 77.4 cm³/mol. The highest BCUT2D eigenvalue weighted by Crippen LogP contribution is 2.30. The molecule has 3 N–H and O–H groups in total. The van der Waals surface area contributed by atoms with Crippen molar-refractivity contribution in [1.29, 1.82) is 5.41 Å². The lowest BCUT2D eigenvalue weighted by atomic mass is 10.1. The van der Waals surface area contributed by atoms with Gasteiger partial charge in [0.1, 0.15) is 5.84 Å². The second-order valence-corrected chi connectivity index (χ2v) is 5.23. The molecule has 1 fully saturated rings. The van der Waals surface area contributed by atoms with Crippen LogP contribution in [0.1, 0.15) is 18.9 Å². The lowest BCUT2D eigenvalue weighted by Gasteiger charge is -2.38. The Bertz CT molecular complexity index is 450. The number of nitrogens with zero attached hydrogens (tertiary/aromatic N) is 1. The average Bonchev–Trinajstić information content (AvgIpc) is 2.38. The molecule has 1 heterocycles. The molecule has 0 aliphatic carbocycles. The van der Waals surface area contributed by atoms with Crippen LogP contribution in [-0.2, 0) is 4.74 Å². The van der Waals surface area contributed by atoms with E-state index in [4.69, 9.17) is 15.9 Å². The van der Waals surface area contributed by atoms with Crippen LogP contribution in [0.3, 0.4) is 0 Å². The Morgan fingerprint density at radius 1 is 1.61 bits per heavy atom. The van der Waals surface area contributed by atoms with E-state index in [0.717, 1.165) is 41.9 Å². The van der Waals surface area contributed by atoms with Gasteiger partial charge in [0.25, 0.3) is 0 Å². The Morgan fingerprint density at radius 3 is 3.06 bits per heavy atom. The van der Waals surface area contributed by atoms with E-state index in [1.165, 1.54) is 0 Å². The van der Waals surface area contributed by atoms with Crippen molar-refractivity contribution >= 4 is 27.5 Å². The Morgan fingerprint density at radius 2 is 2.39 bits per heavy atom. The summed E-state index contributed by atoms with van der Waals surface area (Å²) in [4.78, 5) is 2.30. The van der Waals surface area contributed by atoms with Crippen molar-refractivity contribution in [2.24, 2.45) is 5.73 Å². The fourth-order valence-electron chi connectivity index (χ4n) is 2.33. The van der Waals surface area contributed by atoms with E-state index in [-0.39, 0.29) is 5.84 Å². The third-order valence-corrected chi connectivity index (χ3v) is 3.93. The summed E-state index contributed by atoms with van der Waals surface area (Å²) in [5.41, 5.74) is 7.50. The maximum absolute atomic E-state index is 7.75. The molecule has 1 aromatic carbocycles. The monoisotopic (exact) mass is 311 g/mol. The van der Waals surface area contributed by atoms with Gasteiger partial charge in [-0.25, -0.2) is 0 Å². The standard InChI is InChI=1S/C13H18BrN3O/c1-2-9-8-18-7-6-17(9)11-5-3-4-10(14)12(11)13(15)16/h3-5,9H,2,6-8H2,1H3,(H3,15,16). The lowest BCUT2D eigenvalue weighted by Crippen LogP contribution is -2.46. The zero-order valence-electron chi connectivity index (χ0n) is 10.4. The first kappa shape index (κ1) is 13.4. The number of nitrogens with one attached hydrogen (secondary N) is 1. The minimum Gasteiger partial charge on any atom is -0.384 e. The van der Waals surface area contributed by atoms with Crippen LogP contribution in [0.2, 0.25) is 0 Å². The van der Waals surface area contributed by atoms with Gasteiger partial charge >= 0.3 is 0 Å². The van der Waals surface area contributed by atoms with Crippen LogP contribution >= 0.6 is 15.9 Å². The van der Waals surface area contributed by atoms with E-state index in [2.05, 4.69) is 27.8 Å². The number of halogens is 1. The summed E-state index contributed by atoms with van der Waals surface area (Å²) in [6, 6.07) is 6.27. The van der Waals surface area contributed by atoms with Crippen molar-refractivity contribution in [3.8, 4) is 0 Å². The van der Waals surface area contributed by atoms with E-state index < -0.39 is 0 Å². The molecule has 0 radical (unpaired) electrons. The number of anilines is 1. The van der Waals surface area contributed by atoms with Gasteiger partial charge in [-0.05, 0) is 34.5 Å². The zero-order valence-corrected chi connectivity index (χ0v) is 12.0. The summed E-state index contributed by atoms with van der Waals surface area (Å²) in [7, 11) is 0. The van der Waals surface area contributed by atoms with Gasteiger partial charge < -0.3 is 15.4 Å². The molecule has 2 rings (SSSR count). The quantitative estimate of drug-likeness (QED) is 0.665. The largest absolute Gasteiger partial charge is 0.384 e. The number of nitrogens with two attached hydrogens (primary N) is 1. The lowest BCUT2D eigenvalue weighted by molar-refractivity contribution is 0.0930. The van der Waals surface area contributed by atoms with Crippen molar-refractivity contribution in [2.75, 3.05) is 24.7 Å². The van der Waals surface area contributed by atoms with Crippen molar-refractivity contribution in [3.63, 3.8) is 0 Å². The van der Waals surface area contributed by atoms with Gasteiger partial charge in [0.05, 0.1) is 24.8 Å². The summed E-state index contributed by atoms with van der Waals surface area (Å²) >= 11 is 3.48. The highest BCUT2D eigenvalue weighted by atomic mass is 79.9. The normalized spacial score (nSPS) is 19.9. The van der Waals surface area contributed by atoms with E-state index in [0.29, 0.717) is 6.04 Å². The van der Waals surface area contributed by atoms with Gasteiger partial charge in [-0.1, -0.05) is 13.0 Å². The number of benzene rings is 1. The first-order valence-electron chi connectivity index (χ1n) is 6.12. The van der Waals surface area contributed by atoms with Crippen LogP contribution < -0.4 is 10.6 Å². The van der Waals surface area contributed by atoms with Gasteiger partial charge in [0.15, 0.2) is 0 Å². The average molecular weight is 312 g/mol. The van der Waals surface area contributed by atoms with E-state index in [1.54, 1.807) is 0 Å². The molecule has 1 aliphatic heterocycles. The second-order valence-electron chi connectivity index (χ2n) is 4.38. The molecule has 98 valence electrons. The van der Waals surface area contributed by atoms with Gasteiger partial charge in [-0.3, -0.25) is 5.41 Å². The Labute approximate surface area is 116 Å². The molecular formula is C13H18BrN3O. The maximum atomic E-state index is 7.75. The third-order valence-electron chi connectivity index (χ3n) is 3.27. The number of ether oxygens (including phenoxy) is 1. The molecule has 0 saturated carbocycles. The number of amidine groups is 1. The van der Waals surface area contributed by atoms with E-state index >= 15 is 0 Å². The molecule has 0 aromatic heterocycles. The first-order chi connectivity index (χ1) is 8.65. The number of rotatable bonds is 3. The molecule has 0 amide bonds. The zero-order chi connectivity index (χ0) is 13.1. The molecule has 18 heavy (non-hydrogen) atoms. The van der Waals surface area contributed by atoms with Gasteiger partial charge in [-0.15, -0.1) is 0 Å². The smallest absolute Gasteiger partial charge is 0.126 e. The number of hydrogen-bond donors (Lipinski definition) is 2. The van der Waals surface area contributed by atoms with Crippen molar-refractivity contribution < 1.29 is 4.74 Å². The van der Waals surface area contributed by atoms with Crippen LogP contribution in [0.4, 0.5) is 5.69 Å². The van der Waals surface area contributed by atoms with Crippen LogP contribution in [0, 0.1) is 5.41 Å². The Balaban J connectivity index is 2.42. The van der Waals surface area contributed by atoms with Crippen molar-refractivity contribution in [1.82, 2.24) is 0 Å². The number of hydrogen-bond acceptors (Lipinski definition) is 3. The minimum atomic E-state index is 0.0961. The molecule has 1 aromatic rings. The van der Waals surface area contributed by atoms with Crippen molar-refractivity contribution in [2.45, 2.75) is 19.4 Å². The van der Waals surface area contributed by atoms with Gasteiger partial charge in [0, 0.05) is 16.7 Å². The molecule has 1 saturated heterocycles. The second kappa shape index (κ2) is 5.71. The Kier molecular flexibility index (Phi) is 4.24. The van der Waals surface area contributed by atoms with Crippen LogP contribution in [0.25, 0.3) is 0 Å². The summed E-state index contributed by atoms with van der Waals surface area (Å²) in [6.45, 7) is 4.45. The highest BCUT2D eigenvalue weighted by molar-refractivity contribution is 9.10. The fraction of sp³-hybridized carbons (Fsp3) is 0.462. The van der Waals surface area contributed by atoms with Crippen LogP contribution in [-0.4, -0.2) is 31.6 Å². The predicted octanol–water partition coefficient (Wildman–Crippen LogP) is 2.35. The summed E-state index contributed by atoms with van der Waals surface area (Å²) < 4.78 is 6.39. The number of morpholine rings is 1. The summed E-state index contributed by atoms with van der Waals surface area (Å²) in [5, 5.41) is 7.75. The molecule has 4 nitrogen and oxygen atoms in total. The molecule has 5 heteroatoms. The van der Waals surface area contributed by atoms with Crippen LogP contribution in [0.15, 0.2) is 22.7 Å². The molecule has 0 spiro atoms. The highest BCUT2D eigenvalue weighted by Gasteiger charge is 2.25. The van der Waals surface area contributed by atoms with E-state index in [9.17, 15) is 0 Å². The van der Waals surface area contributed by atoms with Gasteiger partial charge in [-0.2, -0.15) is 0 Å². The maximum Gasteiger partial charge on any atom is 0.126 e. The van der Waals surface area contributed by atoms with Gasteiger partial charge in [0.2, 0.25) is 0 Å². The van der Waals surface area contributed by atoms with Crippen LogP contribution in [0.5, 0.6) is 0 Å². The van der Waals surface area contributed by atoms with E-state index in [1.807, 2.05) is 18.2 Å². The minimum absolute atomic E-state index is 0.0961.